The van der Waals surface area contributed by atoms with Crippen LogP contribution in [-0.2, 0) is 5.75 Å². The largest absolute Gasteiger partial charge is 0.338 e. The zero-order chi connectivity index (χ0) is 13.8. The highest BCUT2D eigenvalue weighted by Gasteiger charge is 2.20. The van der Waals surface area contributed by atoms with Crippen molar-refractivity contribution in [2.24, 2.45) is 0 Å². The molecule has 106 valence electrons. The van der Waals surface area contributed by atoms with Crippen LogP contribution in [0.15, 0.2) is 33.7 Å². The van der Waals surface area contributed by atoms with Gasteiger partial charge in [0.25, 0.3) is 0 Å². The smallest absolute Gasteiger partial charge is 0.243 e. The number of halogens is 1. The van der Waals surface area contributed by atoms with Gasteiger partial charge >= 0.3 is 0 Å². The van der Waals surface area contributed by atoms with E-state index in [4.69, 9.17) is 4.52 Å². The molecule has 0 bridgehead atoms. The third-order valence-electron chi connectivity index (χ3n) is 3.26. The summed E-state index contributed by atoms with van der Waals surface area (Å²) in [5, 5.41) is 7.37. The maximum atomic E-state index is 13.1. The van der Waals surface area contributed by atoms with Crippen LogP contribution in [0.1, 0.15) is 37.0 Å². The minimum atomic E-state index is -0.227. The second-order valence-electron chi connectivity index (χ2n) is 4.80. The Kier molecular flexibility index (Phi) is 4.32. The Morgan fingerprint density at radius 3 is 3.15 bits per heavy atom. The van der Waals surface area contributed by atoms with Gasteiger partial charge in [-0.2, -0.15) is 4.98 Å². The Balaban J connectivity index is 1.59. The van der Waals surface area contributed by atoms with Crippen molar-refractivity contribution < 1.29 is 8.91 Å². The average Bonchev–Trinajstić information content (AvgIpc) is 2.95. The van der Waals surface area contributed by atoms with Crippen LogP contribution in [0, 0.1) is 5.82 Å². The monoisotopic (exact) mass is 293 g/mol. The Morgan fingerprint density at radius 1 is 1.40 bits per heavy atom. The Bertz CT molecular complexity index is 569. The second kappa shape index (κ2) is 6.37. The summed E-state index contributed by atoms with van der Waals surface area (Å²) in [5.74, 6) is 1.68. The van der Waals surface area contributed by atoms with E-state index in [0.29, 0.717) is 17.5 Å². The summed E-state index contributed by atoms with van der Waals surface area (Å²) in [4.78, 5) is 5.28. The third kappa shape index (κ3) is 3.37. The zero-order valence-electron chi connectivity index (χ0n) is 11.0. The van der Waals surface area contributed by atoms with Crippen LogP contribution in [0.5, 0.6) is 0 Å². The summed E-state index contributed by atoms with van der Waals surface area (Å²) in [7, 11) is 0. The number of aromatic nitrogens is 2. The molecule has 1 unspecified atom stereocenters. The molecule has 20 heavy (non-hydrogen) atoms. The van der Waals surface area contributed by atoms with Gasteiger partial charge in [0.15, 0.2) is 5.82 Å². The molecule has 0 radical (unpaired) electrons. The van der Waals surface area contributed by atoms with Gasteiger partial charge in [0.05, 0.1) is 11.8 Å². The van der Waals surface area contributed by atoms with E-state index in [1.165, 1.54) is 36.7 Å². The van der Waals surface area contributed by atoms with Gasteiger partial charge < -0.3 is 9.84 Å². The molecule has 2 aromatic rings. The van der Waals surface area contributed by atoms with E-state index in [9.17, 15) is 4.39 Å². The van der Waals surface area contributed by atoms with Crippen LogP contribution in [0.3, 0.4) is 0 Å². The Morgan fingerprint density at radius 2 is 2.35 bits per heavy atom. The lowest BCUT2D eigenvalue weighted by Gasteiger charge is -2.19. The maximum Gasteiger partial charge on any atom is 0.243 e. The molecule has 1 aromatic heterocycles. The number of benzene rings is 1. The second-order valence-corrected chi connectivity index (χ2v) is 5.85. The van der Waals surface area contributed by atoms with Gasteiger partial charge in [0, 0.05) is 4.90 Å². The van der Waals surface area contributed by atoms with Gasteiger partial charge in [-0.1, -0.05) is 17.6 Å². The number of thioether (sulfide) groups is 1. The molecule has 2 heterocycles. The maximum absolute atomic E-state index is 13.1. The highest BCUT2D eigenvalue weighted by molar-refractivity contribution is 7.98. The minimum absolute atomic E-state index is 0.184. The van der Waals surface area contributed by atoms with Crippen molar-refractivity contribution in [3.8, 4) is 0 Å². The fourth-order valence-electron chi connectivity index (χ4n) is 2.23. The van der Waals surface area contributed by atoms with Gasteiger partial charge in [-0.25, -0.2) is 4.39 Å². The molecule has 0 saturated carbocycles. The number of piperidine rings is 1. The van der Waals surface area contributed by atoms with E-state index in [1.54, 1.807) is 6.07 Å². The molecule has 1 fully saturated rings. The third-order valence-corrected chi connectivity index (χ3v) is 4.25. The summed E-state index contributed by atoms with van der Waals surface area (Å²) in [6.07, 6.45) is 3.43. The minimum Gasteiger partial charge on any atom is -0.338 e. The molecular formula is C14H16FN3OS. The first-order valence-electron chi connectivity index (χ1n) is 6.75. The lowest BCUT2D eigenvalue weighted by Crippen LogP contribution is -2.26. The van der Waals surface area contributed by atoms with Gasteiger partial charge in [-0.3, -0.25) is 0 Å². The van der Waals surface area contributed by atoms with E-state index < -0.39 is 0 Å². The first kappa shape index (κ1) is 13.6. The molecule has 4 nitrogen and oxygen atoms in total. The molecule has 3 rings (SSSR count). The predicted molar refractivity (Wildman–Crippen MR) is 74.9 cm³/mol. The fourth-order valence-corrected chi connectivity index (χ4v) is 3.02. The van der Waals surface area contributed by atoms with Crippen molar-refractivity contribution in [3.05, 3.63) is 41.8 Å². The summed E-state index contributed by atoms with van der Waals surface area (Å²) in [6, 6.07) is 6.70. The van der Waals surface area contributed by atoms with E-state index in [1.807, 2.05) is 6.07 Å². The lowest BCUT2D eigenvalue weighted by molar-refractivity contribution is 0.296. The fraction of sp³-hybridized carbons (Fsp3) is 0.429. The molecule has 6 heteroatoms. The average molecular weight is 293 g/mol. The number of nitrogens with one attached hydrogen (secondary N) is 1. The summed E-state index contributed by atoms with van der Waals surface area (Å²) >= 11 is 1.50. The van der Waals surface area contributed by atoms with Crippen LogP contribution >= 0.6 is 11.8 Å². The van der Waals surface area contributed by atoms with Gasteiger partial charge in [-0.05, 0) is 37.6 Å². The highest BCUT2D eigenvalue weighted by Crippen LogP contribution is 2.25. The molecule has 1 saturated heterocycles. The summed E-state index contributed by atoms with van der Waals surface area (Å²) < 4.78 is 18.4. The topological polar surface area (TPSA) is 51.0 Å². The zero-order valence-corrected chi connectivity index (χ0v) is 11.8. The van der Waals surface area contributed by atoms with Crippen molar-refractivity contribution in [1.82, 2.24) is 15.5 Å². The SMILES string of the molecule is Fc1cccc(SCc2noc(C3CCCCN3)n2)c1. The van der Waals surface area contributed by atoms with Crippen molar-refractivity contribution in [3.63, 3.8) is 0 Å². The van der Waals surface area contributed by atoms with Crippen LogP contribution in [-0.4, -0.2) is 16.7 Å². The van der Waals surface area contributed by atoms with E-state index in [0.717, 1.165) is 17.9 Å². The molecule has 0 aliphatic carbocycles. The number of nitrogens with zero attached hydrogens (tertiary/aromatic N) is 2. The van der Waals surface area contributed by atoms with E-state index in [-0.39, 0.29) is 11.9 Å². The standard InChI is InChI=1S/C14H16FN3OS/c15-10-4-3-5-11(8-10)20-9-13-17-14(19-18-13)12-6-1-2-7-16-12/h3-5,8,12,16H,1-2,6-7,9H2. The number of rotatable bonds is 4. The van der Waals surface area contributed by atoms with E-state index >= 15 is 0 Å². The Labute approximate surface area is 121 Å². The molecule has 1 aliphatic heterocycles. The molecule has 1 N–H and O–H groups in total. The van der Waals surface area contributed by atoms with Crippen molar-refractivity contribution in [1.29, 1.82) is 0 Å². The first-order valence-corrected chi connectivity index (χ1v) is 7.74. The van der Waals surface area contributed by atoms with Gasteiger partial charge in [0.2, 0.25) is 5.89 Å². The molecule has 0 spiro atoms. The van der Waals surface area contributed by atoms with Crippen LogP contribution in [0.25, 0.3) is 0 Å². The van der Waals surface area contributed by atoms with Crippen LogP contribution in [0.4, 0.5) is 4.39 Å². The van der Waals surface area contributed by atoms with Crippen molar-refractivity contribution >= 4 is 11.8 Å². The quantitative estimate of drug-likeness (QED) is 0.876. The lowest BCUT2D eigenvalue weighted by atomic mass is 10.1. The molecule has 1 aromatic carbocycles. The van der Waals surface area contributed by atoms with E-state index in [2.05, 4.69) is 15.5 Å². The number of hydrogen-bond acceptors (Lipinski definition) is 5. The molecule has 1 aliphatic rings. The predicted octanol–water partition coefficient (Wildman–Crippen LogP) is 3.32. The molecule has 1 atom stereocenters. The van der Waals surface area contributed by atoms with Gasteiger partial charge in [0.1, 0.15) is 5.82 Å². The molecule has 0 amide bonds. The van der Waals surface area contributed by atoms with Crippen molar-refractivity contribution in [2.45, 2.75) is 36.0 Å². The first-order chi connectivity index (χ1) is 9.81. The highest BCUT2D eigenvalue weighted by atomic mass is 32.2. The molecular weight excluding hydrogens is 277 g/mol. The Hall–Kier alpha value is -1.40. The van der Waals surface area contributed by atoms with Crippen molar-refractivity contribution in [2.75, 3.05) is 6.54 Å². The van der Waals surface area contributed by atoms with Crippen LogP contribution < -0.4 is 5.32 Å². The summed E-state index contributed by atoms with van der Waals surface area (Å²) in [5.41, 5.74) is 0. The van der Waals surface area contributed by atoms with Gasteiger partial charge in [-0.15, -0.1) is 11.8 Å². The summed E-state index contributed by atoms with van der Waals surface area (Å²) in [6.45, 7) is 1.00. The number of hydrogen-bond donors (Lipinski definition) is 1. The van der Waals surface area contributed by atoms with Crippen LogP contribution in [0.2, 0.25) is 0 Å². The normalized spacial score (nSPS) is 19.1.